The van der Waals surface area contributed by atoms with E-state index >= 15 is 0 Å². The molecular formula is C13H13FN2O3. The summed E-state index contributed by atoms with van der Waals surface area (Å²) in [6.45, 7) is 3.64. The number of carbonyl (C=O) groups is 1. The molecule has 0 saturated heterocycles. The van der Waals surface area contributed by atoms with Gasteiger partial charge < -0.3 is 14.8 Å². The van der Waals surface area contributed by atoms with Gasteiger partial charge in [-0.05, 0) is 32.0 Å². The summed E-state index contributed by atoms with van der Waals surface area (Å²) >= 11 is 0. The van der Waals surface area contributed by atoms with Crippen LogP contribution in [0.15, 0.2) is 22.6 Å². The first-order chi connectivity index (χ1) is 8.97. The van der Waals surface area contributed by atoms with Crippen LogP contribution in [0.3, 0.4) is 0 Å². The number of hydrogen-bond acceptors (Lipinski definition) is 4. The van der Waals surface area contributed by atoms with E-state index in [0.29, 0.717) is 11.7 Å². The lowest BCUT2D eigenvalue weighted by atomic mass is 10.2. The number of amides is 1. The molecule has 0 saturated carbocycles. The first-order valence-electron chi connectivity index (χ1n) is 5.67. The minimum atomic E-state index is -0.592. The molecule has 6 heteroatoms. The number of oxazole rings is 1. The number of phenols is 1. The Bertz CT molecular complexity index is 603. The molecule has 100 valence electrons. The molecule has 0 fully saturated rings. The summed E-state index contributed by atoms with van der Waals surface area (Å²) in [5.41, 5.74) is 0.623. The van der Waals surface area contributed by atoms with Crippen LogP contribution in [0.25, 0.3) is 0 Å². The van der Waals surface area contributed by atoms with Crippen molar-refractivity contribution < 1.29 is 18.7 Å². The fourth-order valence-corrected chi connectivity index (χ4v) is 1.56. The second kappa shape index (κ2) is 5.09. The molecule has 0 atom stereocenters. The maximum absolute atomic E-state index is 13.0. The molecule has 1 heterocycles. The molecule has 2 aromatic rings. The van der Waals surface area contributed by atoms with Crippen LogP contribution in [-0.2, 0) is 6.54 Å². The average Bonchev–Trinajstić information content (AvgIpc) is 2.69. The summed E-state index contributed by atoms with van der Waals surface area (Å²) in [6.07, 6.45) is 0. The van der Waals surface area contributed by atoms with Crippen LogP contribution in [0, 0.1) is 19.7 Å². The Kier molecular flexibility index (Phi) is 3.50. The predicted molar refractivity (Wildman–Crippen MR) is 65.2 cm³/mol. The minimum Gasteiger partial charge on any atom is -0.507 e. The van der Waals surface area contributed by atoms with Crippen molar-refractivity contribution in [3.63, 3.8) is 0 Å². The van der Waals surface area contributed by atoms with Crippen molar-refractivity contribution >= 4 is 5.91 Å². The maximum atomic E-state index is 13.0. The van der Waals surface area contributed by atoms with Crippen LogP contribution in [0.4, 0.5) is 4.39 Å². The van der Waals surface area contributed by atoms with Gasteiger partial charge in [0.25, 0.3) is 5.91 Å². The van der Waals surface area contributed by atoms with E-state index < -0.39 is 11.7 Å². The number of nitrogens with one attached hydrogen (secondary N) is 1. The van der Waals surface area contributed by atoms with E-state index in [1.54, 1.807) is 13.8 Å². The fraction of sp³-hybridized carbons (Fsp3) is 0.231. The highest BCUT2D eigenvalue weighted by atomic mass is 19.1. The molecule has 0 aliphatic rings. The number of aromatic nitrogens is 1. The summed E-state index contributed by atoms with van der Waals surface area (Å²) in [6, 6.07) is 3.17. The summed E-state index contributed by atoms with van der Waals surface area (Å²) < 4.78 is 18.3. The van der Waals surface area contributed by atoms with E-state index in [2.05, 4.69) is 10.3 Å². The standard InChI is InChI=1S/C13H13FN2O3/c1-7-8(2)19-12(16-7)6-15-13(18)10-5-9(14)3-4-11(10)17/h3-5,17H,6H2,1-2H3,(H,15,18). The van der Waals surface area contributed by atoms with Crippen molar-refractivity contribution in [3.8, 4) is 5.75 Å². The van der Waals surface area contributed by atoms with E-state index in [-0.39, 0.29) is 17.9 Å². The van der Waals surface area contributed by atoms with E-state index in [4.69, 9.17) is 4.42 Å². The Morgan fingerprint density at radius 1 is 1.47 bits per heavy atom. The number of carbonyl (C=O) groups excluding carboxylic acids is 1. The van der Waals surface area contributed by atoms with E-state index in [1.165, 1.54) is 0 Å². The molecule has 1 amide bonds. The number of halogens is 1. The summed E-state index contributed by atoms with van der Waals surface area (Å²) in [7, 11) is 0. The van der Waals surface area contributed by atoms with Crippen molar-refractivity contribution in [1.29, 1.82) is 0 Å². The van der Waals surface area contributed by atoms with E-state index in [0.717, 1.165) is 23.9 Å². The number of benzene rings is 1. The molecule has 0 aliphatic carbocycles. The molecule has 19 heavy (non-hydrogen) atoms. The van der Waals surface area contributed by atoms with Gasteiger partial charge in [0.05, 0.1) is 17.8 Å². The molecule has 5 nitrogen and oxygen atoms in total. The van der Waals surface area contributed by atoms with E-state index in [9.17, 15) is 14.3 Å². The van der Waals surface area contributed by atoms with Crippen molar-refractivity contribution in [1.82, 2.24) is 10.3 Å². The monoisotopic (exact) mass is 264 g/mol. The lowest BCUT2D eigenvalue weighted by Crippen LogP contribution is -2.23. The Hall–Kier alpha value is -2.37. The Morgan fingerprint density at radius 2 is 2.21 bits per heavy atom. The number of aromatic hydroxyl groups is 1. The zero-order valence-electron chi connectivity index (χ0n) is 10.5. The highest BCUT2D eigenvalue weighted by Gasteiger charge is 2.13. The molecular weight excluding hydrogens is 251 g/mol. The van der Waals surface area contributed by atoms with Gasteiger partial charge in [-0.3, -0.25) is 4.79 Å². The summed E-state index contributed by atoms with van der Waals surface area (Å²) in [5.74, 6) is -0.424. The quantitative estimate of drug-likeness (QED) is 0.889. The first kappa shape index (κ1) is 13.1. The number of phenolic OH excluding ortho intramolecular Hbond substituents is 1. The van der Waals surface area contributed by atoms with Crippen LogP contribution in [-0.4, -0.2) is 16.0 Å². The van der Waals surface area contributed by atoms with Crippen molar-refractivity contribution in [2.24, 2.45) is 0 Å². The average molecular weight is 264 g/mol. The molecule has 1 aromatic heterocycles. The molecule has 1 aromatic carbocycles. The van der Waals surface area contributed by atoms with Crippen LogP contribution in [0.1, 0.15) is 27.7 Å². The SMILES string of the molecule is Cc1nc(CNC(=O)c2cc(F)ccc2O)oc1C. The topological polar surface area (TPSA) is 75.4 Å². The zero-order chi connectivity index (χ0) is 14.0. The second-order valence-electron chi connectivity index (χ2n) is 4.09. The van der Waals surface area contributed by atoms with Gasteiger partial charge in [-0.1, -0.05) is 0 Å². The van der Waals surface area contributed by atoms with Gasteiger partial charge in [0.15, 0.2) is 0 Å². The third-order valence-electron chi connectivity index (χ3n) is 2.68. The summed E-state index contributed by atoms with van der Waals surface area (Å²) in [4.78, 5) is 15.9. The van der Waals surface area contributed by atoms with Gasteiger partial charge in [-0.15, -0.1) is 0 Å². The second-order valence-corrected chi connectivity index (χ2v) is 4.09. The predicted octanol–water partition coefficient (Wildman–Crippen LogP) is 2.07. The Labute approximate surface area is 109 Å². The smallest absolute Gasteiger partial charge is 0.255 e. The van der Waals surface area contributed by atoms with Crippen molar-refractivity contribution in [2.75, 3.05) is 0 Å². The molecule has 0 spiro atoms. The molecule has 2 N–H and O–H groups in total. The van der Waals surface area contributed by atoms with Gasteiger partial charge in [-0.2, -0.15) is 0 Å². The molecule has 0 radical (unpaired) electrons. The van der Waals surface area contributed by atoms with Crippen LogP contribution >= 0.6 is 0 Å². The normalized spacial score (nSPS) is 10.5. The van der Waals surface area contributed by atoms with Gasteiger partial charge in [0.1, 0.15) is 17.3 Å². The largest absolute Gasteiger partial charge is 0.507 e. The van der Waals surface area contributed by atoms with Crippen LogP contribution in [0.5, 0.6) is 5.75 Å². The summed E-state index contributed by atoms with van der Waals surface area (Å²) in [5, 5.41) is 12.0. The van der Waals surface area contributed by atoms with Gasteiger partial charge in [0, 0.05) is 0 Å². The molecule has 2 rings (SSSR count). The highest BCUT2D eigenvalue weighted by Crippen LogP contribution is 2.17. The van der Waals surface area contributed by atoms with Crippen molar-refractivity contribution in [2.45, 2.75) is 20.4 Å². The highest BCUT2D eigenvalue weighted by molar-refractivity contribution is 5.96. The molecule has 0 bridgehead atoms. The number of rotatable bonds is 3. The molecule has 0 aliphatic heterocycles. The van der Waals surface area contributed by atoms with Gasteiger partial charge in [0.2, 0.25) is 5.89 Å². The zero-order valence-corrected chi connectivity index (χ0v) is 10.5. The molecule has 0 unspecified atom stereocenters. The Balaban J connectivity index is 2.07. The lowest BCUT2D eigenvalue weighted by Gasteiger charge is -2.05. The minimum absolute atomic E-state index is 0.0729. The number of nitrogens with zero attached hydrogens (tertiary/aromatic N) is 1. The third-order valence-corrected chi connectivity index (χ3v) is 2.68. The van der Waals surface area contributed by atoms with Gasteiger partial charge >= 0.3 is 0 Å². The van der Waals surface area contributed by atoms with E-state index in [1.807, 2.05) is 0 Å². The lowest BCUT2D eigenvalue weighted by molar-refractivity contribution is 0.0944. The first-order valence-corrected chi connectivity index (χ1v) is 5.67. The number of aryl methyl sites for hydroxylation is 2. The third kappa shape index (κ3) is 2.90. The van der Waals surface area contributed by atoms with Crippen LogP contribution < -0.4 is 5.32 Å². The fourth-order valence-electron chi connectivity index (χ4n) is 1.56. The number of hydrogen-bond donors (Lipinski definition) is 2. The van der Waals surface area contributed by atoms with Gasteiger partial charge in [-0.25, -0.2) is 9.37 Å². The maximum Gasteiger partial charge on any atom is 0.255 e. The van der Waals surface area contributed by atoms with Crippen molar-refractivity contribution in [3.05, 3.63) is 46.9 Å². The van der Waals surface area contributed by atoms with Crippen LogP contribution in [0.2, 0.25) is 0 Å². The Morgan fingerprint density at radius 3 is 2.84 bits per heavy atom.